The normalized spacial score (nSPS) is 47.8. The van der Waals surface area contributed by atoms with Crippen molar-refractivity contribution in [3.8, 4) is 0 Å². The summed E-state index contributed by atoms with van der Waals surface area (Å²) >= 11 is 0. The molecule has 0 radical (unpaired) electrons. The van der Waals surface area contributed by atoms with Gasteiger partial charge in [-0.1, -0.05) is 33.6 Å². The second kappa shape index (κ2) is 4.22. The molecule has 14 heavy (non-hydrogen) atoms. The van der Waals surface area contributed by atoms with Crippen molar-refractivity contribution in [2.75, 3.05) is 6.54 Å². The van der Waals surface area contributed by atoms with Crippen molar-refractivity contribution < 1.29 is 0 Å². The van der Waals surface area contributed by atoms with Crippen molar-refractivity contribution in [2.24, 2.45) is 23.7 Å². The minimum absolute atomic E-state index is 0.822. The lowest BCUT2D eigenvalue weighted by Crippen LogP contribution is -2.43. The van der Waals surface area contributed by atoms with Crippen LogP contribution in [0.1, 0.15) is 46.5 Å². The number of fused-ring (bicyclic) bond motifs is 4. The van der Waals surface area contributed by atoms with E-state index in [0.717, 1.165) is 29.7 Å². The van der Waals surface area contributed by atoms with Gasteiger partial charge in [0.15, 0.2) is 0 Å². The van der Waals surface area contributed by atoms with Crippen LogP contribution >= 0.6 is 0 Å². The summed E-state index contributed by atoms with van der Waals surface area (Å²) in [6.07, 6.45) is 5.71. The zero-order chi connectivity index (χ0) is 10.1. The Morgan fingerprint density at radius 3 is 2.57 bits per heavy atom. The topological polar surface area (TPSA) is 12.0 Å². The molecule has 0 aromatic carbocycles. The van der Waals surface area contributed by atoms with Crippen LogP contribution in [0.25, 0.3) is 0 Å². The molecule has 1 heteroatoms. The monoisotopic (exact) mass is 195 g/mol. The Labute approximate surface area is 88.7 Å². The minimum Gasteiger partial charge on any atom is -0.313 e. The molecule has 2 bridgehead atoms. The third-order valence-electron chi connectivity index (χ3n) is 4.60. The van der Waals surface area contributed by atoms with E-state index in [-0.39, 0.29) is 0 Å². The third-order valence-corrected chi connectivity index (χ3v) is 4.60. The van der Waals surface area contributed by atoms with Crippen LogP contribution in [-0.2, 0) is 0 Å². The Bertz CT molecular complexity index is 190. The smallest absolute Gasteiger partial charge is 0.00955 e. The van der Waals surface area contributed by atoms with E-state index in [4.69, 9.17) is 0 Å². The quantitative estimate of drug-likeness (QED) is 0.714. The van der Waals surface area contributed by atoms with Gasteiger partial charge in [-0.15, -0.1) is 0 Å². The van der Waals surface area contributed by atoms with E-state index < -0.39 is 0 Å². The molecule has 5 unspecified atom stereocenters. The van der Waals surface area contributed by atoms with Crippen molar-refractivity contribution in [3.05, 3.63) is 0 Å². The molecular weight excluding hydrogens is 170 g/mol. The first-order valence-corrected chi connectivity index (χ1v) is 6.45. The molecule has 2 saturated heterocycles. The summed E-state index contributed by atoms with van der Waals surface area (Å²) in [6.45, 7) is 8.54. The molecule has 1 aliphatic carbocycles. The molecule has 1 nitrogen and oxygen atoms in total. The van der Waals surface area contributed by atoms with E-state index in [1.165, 1.54) is 32.2 Å². The molecule has 2 aliphatic heterocycles. The molecule has 3 rings (SSSR count). The summed E-state index contributed by atoms with van der Waals surface area (Å²) in [6, 6.07) is 0.822. The van der Waals surface area contributed by atoms with Gasteiger partial charge in [0.25, 0.3) is 0 Å². The second-order valence-electron chi connectivity index (χ2n) is 5.65. The van der Waals surface area contributed by atoms with Crippen LogP contribution in [-0.4, -0.2) is 12.6 Å². The average molecular weight is 195 g/mol. The largest absolute Gasteiger partial charge is 0.313 e. The van der Waals surface area contributed by atoms with Gasteiger partial charge < -0.3 is 5.32 Å². The predicted molar refractivity (Wildman–Crippen MR) is 61.2 cm³/mol. The van der Waals surface area contributed by atoms with Crippen LogP contribution in [0, 0.1) is 23.7 Å². The average Bonchev–Trinajstić information content (AvgIpc) is 2.35. The summed E-state index contributed by atoms with van der Waals surface area (Å²) in [4.78, 5) is 0. The summed E-state index contributed by atoms with van der Waals surface area (Å²) in [5.74, 6) is 3.84. The highest BCUT2D eigenvalue weighted by atomic mass is 15.0. The van der Waals surface area contributed by atoms with Gasteiger partial charge in [0.05, 0.1) is 0 Å². The van der Waals surface area contributed by atoms with Crippen LogP contribution < -0.4 is 5.32 Å². The van der Waals surface area contributed by atoms with Gasteiger partial charge in [-0.05, 0) is 43.1 Å². The summed E-state index contributed by atoms with van der Waals surface area (Å²) in [7, 11) is 0. The van der Waals surface area contributed by atoms with Gasteiger partial charge >= 0.3 is 0 Å². The SMILES string of the molecule is CCCC1CC(C)C2CC(C)C1CN2. The van der Waals surface area contributed by atoms with Gasteiger partial charge in [-0.2, -0.15) is 0 Å². The lowest BCUT2D eigenvalue weighted by atomic mass is 9.78. The Balaban J connectivity index is 2.10. The van der Waals surface area contributed by atoms with Gasteiger partial charge in [0.1, 0.15) is 0 Å². The van der Waals surface area contributed by atoms with Crippen molar-refractivity contribution in [1.82, 2.24) is 5.32 Å². The lowest BCUT2D eigenvalue weighted by Gasteiger charge is -2.35. The van der Waals surface area contributed by atoms with Crippen LogP contribution in [0.15, 0.2) is 0 Å². The minimum atomic E-state index is 0.822. The highest BCUT2D eigenvalue weighted by Crippen LogP contribution is 2.41. The number of rotatable bonds is 2. The molecular formula is C13H25N. The standard InChI is InChI=1S/C13H25N/c1-4-5-11-6-10(3)13-7-9(2)12(11)8-14-13/h9-14H,4-8H2,1-3H3. The Morgan fingerprint density at radius 1 is 1.14 bits per heavy atom. The van der Waals surface area contributed by atoms with Crippen LogP contribution in [0.3, 0.4) is 0 Å². The van der Waals surface area contributed by atoms with Crippen LogP contribution in [0.5, 0.6) is 0 Å². The molecule has 0 spiro atoms. The van der Waals surface area contributed by atoms with Crippen LogP contribution in [0.2, 0.25) is 0 Å². The predicted octanol–water partition coefficient (Wildman–Crippen LogP) is 3.06. The van der Waals surface area contributed by atoms with E-state index in [0.29, 0.717) is 0 Å². The van der Waals surface area contributed by atoms with Crippen molar-refractivity contribution in [1.29, 1.82) is 0 Å². The highest BCUT2D eigenvalue weighted by molar-refractivity contribution is 4.93. The van der Waals surface area contributed by atoms with E-state index >= 15 is 0 Å². The molecule has 82 valence electrons. The van der Waals surface area contributed by atoms with Gasteiger partial charge in [-0.25, -0.2) is 0 Å². The first-order valence-electron chi connectivity index (χ1n) is 6.45. The Kier molecular flexibility index (Phi) is 3.16. The molecule has 5 atom stereocenters. The lowest BCUT2D eigenvalue weighted by molar-refractivity contribution is 0.189. The zero-order valence-electron chi connectivity index (χ0n) is 9.92. The number of hydrogen-bond donors (Lipinski definition) is 1. The molecule has 1 N–H and O–H groups in total. The Morgan fingerprint density at radius 2 is 1.93 bits per heavy atom. The molecule has 0 aromatic rings. The number of hydrogen-bond acceptors (Lipinski definition) is 1. The van der Waals surface area contributed by atoms with Crippen molar-refractivity contribution in [2.45, 2.75) is 52.5 Å². The van der Waals surface area contributed by atoms with E-state index in [9.17, 15) is 0 Å². The highest BCUT2D eigenvalue weighted by Gasteiger charge is 2.39. The maximum absolute atomic E-state index is 3.75. The van der Waals surface area contributed by atoms with Gasteiger partial charge in [0, 0.05) is 6.04 Å². The molecule has 2 heterocycles. The maximum Gasteiger partial charge on any atom is 0.00955 e. The van der Waals surface area contributed by atoms with E-state index in [2.05, 4.69) is 26.1 Å². The molecule has 3 fully saturated rings. The van der Waals surface area contributed by atoms with Crippen LogP contribution in [0.4, 0.5) is 0 Å². The number of nitrogens with one attached hydrogen (secondary N) is 1. The van der Waals surface area contributed by atoms with Crippen molar-refractivity contribution in [3.63, 3.8) is 0 Å². The fourth-order valence-electron chi connectivity index (χ4n) is 3.73. The van der Waals surface area contributed by atoms with E-state index in [1.807, 2.05) is 0 Å². The van der Waals surface area contributed by atoms with E-state index in [1.54, 1.807) is 0 Å². The number of piperidine rings is 1. The molecule has 1 saturated carbocycles. The summed E-state index contributed by atoms with van der Waals surface area (Å²) in [5, 5.41) is 3.75. The summed E-state index contributed by atoms with van der Waals surface area (Å²) < 4.78 is 0. The maximum atomic E-state index is 3.75. The zero-order valence-corrected chi connectivity index (χ0v) is 9.92. The third kappa shape index (κ3) is 1.84. The van der Waals surface area contributed by atoms with Crippen molar-refractivity contribution >= 4 is 0 Å². The second-order valence-corrected chi connectivity index (χ2v) is 5.65. The fourth-order valence-corrected chi connectivity index (χ4v) is 3.73. The summed E-state index contributed by atoms with van der Waals surface area (Å²) in [5.41, 5.74) is 0. The first-order chi connectivity index (χ1) is 6.72. The van der Waals surface area contributed by atoms with Gasteiger partial charge in [0.2, 0.25) is 0 Å². The van der Waals surface area contributed by atoms with Gasteiger partial charge in [-0.3, -0.25) is 0 Å². The Hall–Kier alpha value is -0.0400. The fraction of sp³-hybridized carbons (Fsp3) is 1.00. The molecule has 0 aromatic heterocycles. The molecule has 0 amide bonds. The first kappa shape index (κ1) is 10.5. The molecule has 3 aliphatic rings.